The van der Waals surface area contributed by atoms with Crippen molar-refractivity contribution in [3.8, 4) is 0 Å². The maximum atomic E-state index is 12.2. The van der Waals surface area contributed by atoms with E-state index in [1.165, 1.54) is 18.2 Å². The minimum absolute atomic E-state index is 0.0135. The number of carbonyl (C=O) groups is 1. The molecule has 1 aromatic carbocycles. The number of rotatable bonds is 8. The number of benzene rings is 1. The zero-order valence-electron chi connectivity index (χ0n) is 10.9. The molecule has 1 rings (SSSR count). The summed E-state index contributed by atoms with van der Waals surface area (Å²) in [5.74, 6) is -1.18. The lowest BCUT2D eigenvalue weighted by Crippen LogP contribution is -2.09. The van der Waals surface area contributed by atoms with E-state index in [4.69, 9.17) is 10.2 Å². The highest BCUT2D eigenvalue weighted by molar-refractivity contribution is 9.10. The van der Waals surface area contributed by atoms with Crippen LogP contribution in [-0.2, 0) is 9.84 Å². The number of sulfone groups is 1. The van der Waals surface area contributed by atoms with Crippen LogP contribution < -0.4 is 0 Å². The van der Waals surface area contributed by atoms with Gasteiger partial charge in [0.1, 0.15) is 0 Å². The van der Waals surface area contributed by atoms with Gasteiger partial charge in [0, 0.05) is 11.1 Å². The van der Waals surface area contributed by atoms with Gasteiger partial charge in [0.2, 0.25) is 0 Å². The average Bonchev–Trinajstić information content (AvgIpc) is 2.38. The van der Waals surface area contributed by atoms with Gasteiger partial charge in [-0.2, -0.15) is 0 Å². The van der Waals surface area contributed by atoms with Gasteiger partial charge in [-0.25, -0.2) is 13.2 Å². The second-order valence-corrected chi connectivity index (χ2v) is 7.34. The highest BCUT2D eigenvalue weighted by Gasteiger charge is 2.19. The molecule has 0 atom stereocenters. The first-order valence-corrected chi connectivity index (χ1v) is 8.69. The largest absolute Gasteiger partial charge is 0.478 e. The van der Waals surface area contributed by atoms with Crippen molar-refractivity contribution >= 4 is 31.7 Å². The lowest BCUT2D eigenvalue weighted by molar-refractivity contribution is 0.0696. The summed E-state index contributed by atoms with van der Waals surface area (Å²) >= 11 is 3.14. The summed E-state index contributed by atoms with van der Waals surface area (Å²) in [6.07, 6.45) is 2.66. The van der Waals surface area contributed by atoms with Crippen LogP contribution in [0.15, 0.2) is 27.6 Å². The van der Waals surface area contributed by atoms with E-state index in [9.17, 15) is 13.2 Å². The summed E-state index contributed by atoms with van der Waals surface area (Å²) in [7, 11) is -3.51. The molecular formula is C13H17BrO5S. The summed E-state index contributed by atoms with van der Waals surface area (Å²) in [4.78, 5) is 10.9. The van der Waals surface area contributed by atoms with Crippen LogP contribution in [0.25, 0.3) is 0 Å². The van der Waals surface area contributed by atoms with Crippen LogP contribution in [-0.4, -0.2) is 37.0 Å². The molecule has 0 aliphatic carbocycles. The molecule has 1 aromatic rings. The van der Waals surface area contributed by atoms with E-state index < -0.39 is 15.8 Å². The van der Waals surface area contributed by atoms with Crippen molar-refractivity contribution in [2.24, 2.45) is 0 Å². The zero-order chi connectivity index (χ0) is 15.2. The smallest absolute Gasteiger partial charge is 0.335 e. The van der Waals surface area contributed by atoms with Gasteiger partial charge in [-0.05, 0) is 47.0 Å². The number of aliphatic hydroxyl groups is 1. The van der Waals surface area contributed by atoms with Crippen molar-refractivity contribution in [1.82, 2.24) is 0 Å². The van der Waals surface area contributed by atoms with Crippen LogP contribution >= 0.6 is 15.9 Å². The third kappa shape index (κ3) is 4.88. The van der Waals surface area contributed by atoms with Crippen LogP contribution in [0.4, 0.5) is 0 Å². The van der Waals surface area contributed by atoms with Gasteiger partial charge in [0.05, 0.1) is 16.2 Å². The van der Waals surface area contributed by atoms with Gasteiger partial charge in [0.15, 0.2) is 9.84 Å². The molecular weight excluding hydrogens is 348 g/mol. The van der Waals surface area contributed by atoms with E-state index in [1.54, 1.807) is 0 Å². The molecule has 0 saturated heterocycles. The van der Waals surface area contributed by atoms with E-state index in [-0.39, 0.29) is 22.8 Å². The molecule has 0 aliphatic rings. The molecule has 5 nitrogen and oxygen atoms in total. The van der Waals surface area contributed by atoms with Gasteiger partial charge >= 0.3 is 5.97 Å². The van der Waals surface area contributed by atoms with Gasteiger partial charge in [0.25, 0.3) is 0 Å². The Hall–Kier alpha value is -0.920. The Kier molecular flexibility index (Phi) is 6.64. The Morgan fingerprint density at radius 2 is 1.80 bits per heavy atom. The summed E-state index contributed by atoms with van der Waals surface area (Å²) in [5.41, 5.74) is -0.0490. The van der Waals surface area contributed by atoms with E-state index in [0.29, 0.717) is 17.3 Å². The van der Waals surface area contributed by atoms with E-state index in [2.05, 4.69) is 15.9 Å². The first kappa shape index (κ1) is 17.1. The van der Waals surface area contributed by atoms with Crippen molar-refractivity contribution in [3.05, 3.63) is 28.2 Å². The molecule has 0 amide bonds. The van der Waals surface area contributed by atoms with E-state index in [1.807, 2.05) is 0 Å². The van der Waals surface area contributed by atoms with Crippen LogP contribution in [0.5, 0.6) is 0 Å². The van der Waals surface area contributed by atoms with Crippen molar-refractivity contribution in [1.29, 1.82) is 0 Å². The number of carboxylic acids is 1. The number of hydrogen-bond donors (Lipinski definition) is 2. The third-order valence-electron chi connectivity index (χ3n) is 2.83. The summed E-state index contributed by atoms with van der Waals surface area (Å²) in [6, 6.07) is 3.96. The number of hydrogen-bond acceptors (Lipinski definition) is 4. The molecule has 0 bridgehead atoms. The SMILES string of the molecule is O=C(O)c1ccc(Br)c(S(=O)(=O)CCCCCCO)c1. The number of carboxylic acid groups (broad SMARTS) is 1. The molecule has 7 heteroatoms. The predicted octanol–water partition coefficient (Wildman–Crippen LogP) is 2.47. The molecule has 0 radical (unpaired) electrons. The molecule has 0 spiro atoms. The zero-order valence-corrected chi connectivity index (χ0v) is 13.3. The minimum Gasteiger partial charge on any atom is -0.478 e. The van der Waals surface area contributed by atoms with Crippen molar-refractivity contribution in [3.63, 3.8) is 0 Å². The lowest BCUT2D eigenvalue weighted by atomic mass is 10.2. The first-order valence-electron chi connectivity index (χ1n) is 6.25. The maximum absolute atomic E-state index is 12.2. The van der Waals surface area contributed by atoms with E-state index in [0.717, 1.165) is 12.8 Å². The highest BCUT2D eigenvalue weighted by atomic mass is 79.9. The molecule has 0 heterocycles. The molecule has 0 aromatic heterocycles. The second kappa shape index (κ2) is 7.75. The molecule has 0 unspecified atom stereocenters. The molecule has 0 fully saturated rings. The van der Waals surface area contributed by atoms with Crippen LogP contribution in [0.3, 0.4) is 0 Å². The summed E-state index contributed by atoms with van der Waals surface area (Å²) in [5, 5.41) is 17.5. The molecule has 0 saturated carbocycles. The Bertz CT molecular complexity index is 568. The standard InChI is InChI=1S/C13H17BrO5S/c14-11-6-5-10(13(16)17)9-12(11)20(18,19)8-4-2-1-3-7-15/h5-6,9,15H,1-4,7-8H2,(H,16,17). The van der Waals surface area contributed by atoms with Crippen LogP contribution in [0.1, 0.15) is 36.0 Å². The molecule has 20 heavy (non-hydrogen) atoms. The summed E-state index contributed by atoms with van der Waals surface area (Å²) < 4.78 is 24.7. The van der Waals surface area contributed by atoms with Crippen LogP contribution in [0.2, 0.25) is 0 Å². The van der Waals surface area contributed by atoms with Gasteiger partial charge in [-0.3, -0.25) is 0 Å². The second-order valence-electron chi connectivity index (χ2n) is 4.41. The fourth-order valence-corrected chi connectivity index (χ4v) is 4.20. The first-order chi connectivity index (χ1) is 9.38. The summed E-state index contributed by atoms with van der Waals surface area (Å²) in [6.45, 7) is 0.110. The van der Waals surface area contributed by atoms with E-state index >= 15 is 0 Å². The fraction of sp³-hybridized carbons (Fsp3) is 0.462. The number of unbranched alkanes of at least 4 members (excludes halogenated alkanes) is 3. The van der Waals surface area contributed by atoms with Crippen molar-refractivity contribution < 1.29 is 23.4 Å². The Labute approximate surface area is 126 Å². The van der Waals surface area contributed by atoms with Crippen molar-refractivity contribution in [2.75, 3.05) is 12.4 Å². The Morgan fingerprint density at radius 1 is 1.15 bits per heavy atom. The molecule has 0 aliphatic heterocycles. The minimum atomic E-state index is -3.51. The van der Waals surface area contributed by atoms with Gasteiger partial charge in [-0.15, -0.1) is 0 Å². The molecule has 2 N–H and O–H groups in total. The number of aromatic carboxylic acids is 1. The Morgan fingerprint density at radius 3 is 2.40 bits per heavy atom. The number of aliphatic hydroxyl groups excluding tert-OH is 1. The Balaban J connectivity index is 2.81. The monoisotopic (exact) mass is 364 g/mol. The average molecular weight is 365 g/mol. The maximum Gasteiger partial charge on any atom is 0.335 e. The van der Waals surface area contributed by atoms with Crippen LogP contribution in [0, 0.1) is 0 Å². The van der Waals surface area contributed by atoms with Gasteiger partial charge < -0.3 is 10.2 Å². The fourth-order valence-electron chi connectivity index (χ4n) is 1.74. The predicted molar refractivity (Wildman–Crippen MR) is 78.7 cm³/mol. The normalized spacial score (nSPS) is 11.5. The van der Waals surface area contributed by atoms with Gasteiger partial charge in [-0.1, -0.05) is 12.8 Å². The topological polar surface area (TPSA) is 91.7 Å². The lowest BCUT2D eigenvalue weighted by Gasteiger charge is -2.07. The third-order valence-corrected chi connectivity index (χ3v) is 5.62. The highest BCUT2D eigenvalue weighted by Crippen LogP contribution is 2.25. The van der Waals surface area contributed by atoms with Crippen molar-refractivity contribution in [2.45, 2.75) is 30.6 Å². The molecule has 112 valence electrons. The quantitative estimate of drug-likeness (QED) is 0.691. The number of halogens is 1.